The molecule has 0 unspecified atom stereocenters. The van der Waals surface area contributed by atoms with Crippen molar-refractivity contribution in [1.29, 1.82) is 0 Å². The third-order valence-corrected chi connectivity index (χ3v) is 2.48. The zero-order valence-electron chi connectivity index (χ0n) is 10.9. The van der Waals surface area contributed by atoms with Gasteiger partial charge in [-0.25, -0.2) is 4.98 Å². The van der Waals surface area contributed by atoms with E-state index in [2.05, 4.69) is 15.3 Å². The van der Waals surface area contributed by atoms with Crippen molar-refractivity contribution in [1.82, 2.24) is 9.97 Å². The van der Waals surface area contributed by atoms with Crippen LogP contribution in [0.2, 0.25) is 0 Å². The van der Waals surface area contributed by atoms with Gasteiger partial charge in [-0.05, 0) is 32.4 Å². The van der Waals surface area contributed by atoms with Crippen molar-refractivity contribution in [2.75, 3.05) is 11.9 Å². The Morgan fingerprint density at radius 2 is 1.94 bits per heavy atom. The smallest absolute Gasteiger partial charge is 0.224 e. The molecule has 1 aromatic heterocycles. The lowest BCUT2D eigenvalue weighted by Crippen LogP contribution is -2.02. The van der Waals surface area contributed by atoms with E-state index in [1.807, 2.05) is 51.1 Å². The minimum absolute atomic E-state index is 0.563. The SMILES string of the molecule is CCNc1cc(Oc2ccccc2C)nc(C)n1. The lowest BCUT2D eigenvalue weighted by atomic mass is 10.2. The molecule has 0 saturated heterocycles. The molecule has 0 fully saturated rings. The summed E-state index contributed by atoms with van der Waals surface area (Å²) in [5.41, 5.74) is 1.08. The fraction of sp³-hybridized carbons (Fsp3) is 0.286. The topological polar surface area (TPSA) is 47.0 Å². The summed E-state index contributed by atoms with van der Waals surface area (Å²) in [6, 6.07) is 9.68. The fourth-order valence-corrected chi connectivity index (χ4v) is 1.65. The van der Waals surface area contributed by atoms with Crippen molar-refractivity contribution in [3.8, 4) is 11.6 Å². The highest BCUT2D eigenvalue weighted by atomic mass is 16.5. The van der Waals surface area contributed by atoms with Gasteiger partial charge < -0.3 is 10.1 Å². The van der Waals surface area contributed by atoms with E-state index < -0.39 is 0 Å². The molecule has 0 amide bonds. The van der Waals surface area contributed by atoms with Crippen LogP contribution in [-0.4, -0.2) is 16.5 Å². The Labute approximate surface area is 107 Å². The highest BCUT2D eigenvalue weighted by Crippen LogP contribution is 2.24. The van der Waals surface area contributed by atoms with E-state index in [1.165, 1.54) is 0 Å². The second-order valence-electron chi connectivity index (χ2n) is 4.04. The van der Waals surface area contributed by atoms with Gasteiger partial charge in [0, 0.05) is 12.6 Å². The van der Waals surface area contributed by atoms with Crippen LogP contribution in [0.3, 0.4) is 0 Å². The van der Waals surface area contributed by atoms with E-state index in [0.717, 1.165) is 23.7 Å². The summed E-state index contributed by atoms with van der Waals surface area (Å²) >= 11 is 0. The number of aromatic nitrogens is 2. The van der Waals surface area contributed by atoms with Gasteiger partial charge in [-0.15, -0.1) is 0 Å². The molecule has 0 spiro atoms. The van der Waals surface area contributed by atoms with E-state index in [9.17, 15) is 0 Å². The lowest BCUT2D eigenvalue weighted by molar-refractivity contribution is 0.457. The van der Waals surface area contributed by atoms with Crippen LogP contribution in [0.4, 0.5) is 5.82 Å². The quantitative estimate of drug-likeness (QED) is 0.894. The predicted molar refractivity (Wildman–Crippen MR) is 72.2 cm³/mol. The third-order valence-electron chi connectivity index (χ3n) is 2.48. The van der Waals surface area contributed by atoms with Gasteiger partial charge in [-0.2, -0.15) is 4.98 Å². The Balaban J connectivity index is 2.26. The molecule has 0 saturated carbocycles. The highest BCUT2D eigenvalue weighted by Gasteiger charge is 2.05. The maximum Gasteiger partial charge on any atom is 0.224 e. The standard InChI is InChI=1S/C14H17N3O/c1-4-15-13-9-14(17-11(3)16-13)18-12-8-6-5-7-10(12)2/h5-9H,4H2,1-3H3,(H,15,16,17). The second-order valence-corrected chi connectivity index (χ2v) is 4.04. The summed E-state index contributed by atoms with van der Waals surface area (Å²) in [6.45, 7) is 6.71. The van der Waals surface area contributed by atoms with Crippen LogP contribution in [0.25, 0.3) is 0 Å². The maximum absolute atomic E-state index is 5.79. The normalized spacial score (nSPS) is 10.2. The molecular formula is C14H17N3O. The summed E-state index contributed by atoms with van der Waals surface area (Å²) in [4.78, 5) is 8.56. The van der Waals surface area contributed by atoms with Crippen molar-refractivity contribution >= 4 is 5.82 Å². The monoisotopic (exact) mass is 243 g/mol. The molecular weight excluding hydrogens is 226 g/mol. The highest BCUT2D eigenvalue weighted by molar-refractivity contribution is 5.41. The predicted octanol–water partition coefficient (Wildman–Crippen LogP) is 3.32. The zero-order valence-corrected chi connectivity index (χ0v) is 10.9. The molecule has 0 atom stereocenters. The van der Waals surface area contributed by atoms with Crippen LogP contribution in [0.1, 0.15) is 18.3 Å². The van der Waals surface area contributed by atoms with Crippen LogP contribution in [-0.2, 0) is 0 Å². The average molecular weight is 243 g/mol. The van der Waals surface area contributed by atoms with Gasteiger partial charge in [0.15, 0.2) is 0 Å². The van der Waals surface area contributed by atoms with Gasteiger partial charge in [0.05, 0.1) is 0 Å². The first-order chi connectivity index (χ1) is 8.69. The first-order valence-corrected chi connectivity index (χ1v) is 6.02. The van der Waals surface area contributed by atoms with Crippen molar-refractivity contribution in [3.63, 3.8) is 0 Å². The van der Waals surface area contributed by atoms with Gasteiger partial charge in [-0.3, -0.25) is 0 Å². The van der Waals surface area contributed by atoms with Gasteiger partial charge in [0.2, 0.25) is 5.88 Å². The number of ether oxygens (including phenoxy) is 1. The fourth-order valence-electron chi connectivity index (χ4n) is 1.65. The number of anilines is 1. The molecule has 4 nitrogen and oxygen atoms in total. The molecule has 4 heteroatoms. The van der Waals surface area contributed by atoms with Crippen LogP contribution < -0.4 is 10.1 Å². The summed E-state index contributed by atoms with van der Waals surface area (Å²) in [6.07, 6.45) is 0. The molecule has 0 aliphatic heterocycles. The number of hydrogen-bond acceptors (Lipinski definition) is 4. The van der Waals surface area contributed by atoms with Gasteiger partial charge in [0.1, 0.15) is 17.4 Å². The summed E-state index contributed by atoms with van der Waals surface area (Å²) in [5.74, 6) is 2.86. The van der Waals surface area contributed by atoms with E-state index in [-0.39, 0.29) is 0 Å². The van der Waals surface area contributed by atoms with E-state index in [0.29, 0.717) is 11.7 Å². The minimum atomic E-state index is 0.563. The van der Waals surface area contributed by atoms with Crippen LogP contribution in [0.5, 0.6) is 11.6 Å². The van der Waals surface area contributed by atoms with Crippen molar-refractivity contribution < 1.29 is 4.74 Å². The Morgan fingerprint density at radius 3 is 2.67 bits per heavy atom. The molecule has 2 aromatic rings. The Morgan fingerprint density at radius 1 is 1.17 bits per heavy atom. The number of hydrogen-bond donors (Lipinski definition) is 1. The molecule has 18 heavy (non-hydrogen) atoms. The number of benzene rings is 1. The van der Waals surface area contributed by atoms with Crippen LogP contribution >= 0.6 is 0 Å². The second kappa shape index (κ2) is 5.49. The first-order valence-electron chi connectivity index (χ1n) is 6.02. The van der Waals surface area contributed by atoms with E-state index in [1.54, 1.807) is 0 Å². The van der Waals surface area contributed by atoms with Crippen LogP contribution in [0, 0.1) is 13.8 Å². The number of rotatable bonds is 4. The molecule has 2 rings (SSSR count). The largest absolute Gasteiger partial charge is 0.439 e. The maximum atomic E-state index is 5.79. The van der Waals surface area contributed by atoms with Gasteiger partial charge in [0.25, 0.3) is 0 Å². The van der Waals surface area contributed by atoms with Crippen molar-refractivity contribution in [2.24, 2.45) is 0 Å². The zero-order chi connectivity index (χ0) is 13.0. The van der Waals surface area contributed by atoms with E-state index in [4.69, 9.17) is 4.74 Å². The Bertz CT molecular complexity index is 540. The molecule has 0 bridgehead atoms. The number of aryl methyl sites for hydroxylation is 2. The molecule has 0 aliphatic carbocycles. The molecule has 1 N–H and O–H groups in total. The molecule has 94 valence electrons. The van der Waals surface area contributed by atoms with Crippen molar-refractivity contribution in [3.05, 3.63) is 41.7 Å². The molecule has 1 heterocycles. The summed E-state index contributed by atoms with van der Waals surface area (Å²) in [5, 5.41) is 3.16. The summed E-state index contributed by atoms with van der Waals surface area (Å²) < 4.78 is 5.79. The van der Waals surface area contributed by atoms with Gasteiger partial charge in [-0.1, -0.05) is 18.2 Å². The molecule has 0 aliphatic rings. The number of nitrogens with one attached hydrogen (secondary N) is 1. The molecule has 0 radical (unpaired) electrons. The third kappa shape index (κ3) is 2.97. The summed E-state index contributed by atoms with van der Waals surface area (Å²) in [7, 11) is 0. The lowest BCUT2D eigenvalue weighted by Gasteiger charge is -2.09. The number of nitrogens with zero attached hydrogens (tertiary/aromatic N) is 2. The van der Waals surface area contributed by atoms with Crippen molar-refractivity contribution in [2.45, 2.75) is 20.8 Å². The first kappa shape index (κ1) is 12.4. The van der Waals surface area contributed by atoms with Crippen LogP contribution in [0.15, 0.2) is 30.3 Å². The van der Waals surface area contributed by atoms with Gasteiger partial charge >= 0.3 is 0 Å². The Hall–Kier alpha value is -2.10. The average Bonchev–Trinajstić information content (AvgIpc) is 2.32. The van der Waals surface area contributed by atoms with E-state index >= 15 is 0 Å². The number of para-hydroxylation sites is 1. The minimum Gasteiger partial charge on any atom is -0.439 e. The Kier molecular flexibility index (Phi) is 3.77. The molecule has 1 aromatic carbocycles.